The minimum atomic E-state index is 0.179. The van der Waals surface area contributed by atoms with Gasteiger partial charge in [0.15, 0.2) is 0 Å². The summed E-state index contributed by atoms with van der Waals surface area (Å²) in [5, 5.41) is 5.76. The number of hydrogen-bond donors (Lipinski definition) is 2. The highest BCUT2D eigenvalue weighted by atomic mass is 32.1. The van der Waals surface area contributed by atoms with Crippen molar-refractivity contribution in [2.75, 3.05) is 32.8 Å². The van der Waals surface area contributed by atoms with Crippen molar-refractivity contribution in [3.05, 3.63) is 21.9 Å². The van der Waals surface area contributed by atoms with Crippen molar-refractivity contribution >= 4 is 11.3 Å². The summed E-state index contributed by atoms with van der Waals surface area (Å²) in [4.78, 5) is 1.47. The second kappa shape index (κ2) is 5.29. The maximum atomic E-state index is 5.82. The molecule has 2 heterocycles. The monoisotopic (exact) mass is 268 g/mol. The average molecular weight is 268 g/mol. The molecule has 3 N–H and O–H groups in total. The van der Waals surface area contributed by atoms with Gasteiger partial charge in [0.05, 0.1) is 13.2 Å². The van der Waals surface area contributed by atoms with E-state index in [1.807, 2.05) is 11.3 Å². The molecule has 4 heteroatoms. The molecule has 0 aromatic carbocycles. The van der Waals surface area contributed by atoms with Crippen LogP contribution in [0.2, 0.25) is 0 Å². The van der Waals surface area contributed by atoms with Crippen molar-refractivity contribution in [1.29, 1.82) is 0 Å². The van der Waals surface area contributed by atoms with Gasteiger partial charge in [-0.3, -0.25) is 0 Å². The number of ether oxygens (including phenoxy) is 1. The Morgan fingerprint density at radius 3 is 2.67 bits per heavy atom. The third-order valence-corrected chi connectivity index (χ3v) is 5.18. The first-order chi connectivity index (χ1) is 8.49. The summed E-state index contributed by atoms with van der Waals surface area (Å²) >= 11 is 1.85. The summed E-state index contributed by atoms with van der Waals surface area (Å²) in [6.45, 7) is 11.0. The first-order valence-corrected chi connectivity index (χ1v) is 7.40. The molecule has 2 rings (SSSR count). The number of hydrogen-bond acceptors (Lipinski definition) is 4. The molecule has 0 spiro atoms. The Labute approximate surface area is 114 Å². The molecule has 0 radical (unpaired) electrons. The zero-order valence-corrected chi connectivity index (χ0v) is 12.4. The van der Waals surface area contributed by atoms with Crippen LogP contribution in [0.25, 0.3) is 0 Å². The van der Waals surface area contributed by atoms with Gasteiger partial charge in [0.1, 0.15) is 0 Å². The molecule has 1 aliphatic rings. The van der Waals surface area contributed by atoms with Gasteiger partial charge in [0.25, 0.3) is 0 Å². The van der Waals surface area contributed by atoms with Crippen LogP contribution >= 0.6 is 11.3 Å². The van der Waals surface area contributed by atoms with Crippen LogP contribution in [0.5, 0.6) is 0 Å². The number of rotatable bonds is 6. The molecule has 0 atom stereocenters. The molecular weight excluding hydrogens is 244 g/mol. The molecule has 0 saturated carbocycles. The second-order valence-corrected chi connectivity index (χ2v) is 7.03. The molecule has 102 valence electrons. The van der Waals surface area contributed by atoms with Gasteiger partial charge < -0.3 is 15.8 Å². The minimum Gasteiger partial charge on any atom is -0.380 e. The zero-order chi connectivity index (χ0) is 13.2. The van der Waals surface area contributed by atoms with Crippen LogP contribution in [-0.2, 0) is 10.2 Å². The Balaban J connectivity index is 1.88. The maximum absolute atomic E-state index is 5.82. The van der Waals surface area contributed by atoms with Crippen LogP contribution in [0.1, 0.15) is 24.3 Å². The van der Waals surface area contributed by atoms with E-state index in [-0.39, 0.29) is 10.8 Å². The lowest BCUT2D eigenvalue weighted by atomic mass is 9.84. The lowest BCUT2D eigenvalue weighted by molar-refractivity contribution is -0.105. The van der Waals surface area contributed by atoms with Crippen LogP contribution in [0.15, 0.2) is 11.4 Å². The predicted octanol–water partition coefficient (Wildman–Crippen LogP) is 1.90. The Morgan fingerprint density at radius 1 is 1.50 bits per heavy atom. The lowest BCUT2D eigenvalue weighted by Gasteiger charge is -2.41. The minimum absolute atomic E-state index is 0.179. The third kappa shape index (κ3) is 2.77. The van der Waals surface area contributed by atoms with E-state index in [9.17, 15) is 0 Å². The van der Waals surface area contributed by atoms with Gasteiger partial charge in [0, 0.05) is 35.3 Å². The van der Waals surface area contributed by atoms with E-state index in [0.29, 0.717) is 6.54 Å². The van der Waals surface area contributed by atoms with Gasteiger partial charge >= 0.3 is 0 Å². The molecule has 1 aromatic heterocycles. The predicted molar refractivity (Wildman–Crippen MR) is 77.3 cm³/mol. The van der Waals surface area contributed by atoms with E-state index in [0.717, 1.165) is 26.3 Å². The maximum Gasteiger partial charge on any atom is 0.0569 e. The third-order valence-electron chi connectivity index (χ3n) is 3.79. The molecule has 1 aromatic rings. The van der Waals surface area contributed by atoms with Crippen molar-refractivity contribution in [3.63, 3.8) is 0 Å². The second-order valence-electron chi connectivity index (χ2n) is 6.12. The van der Waals surface area contributed by atoms with E-state index < -0.39 is 0 Å². The van der Waals surface area contributed by atoms with E-state index in [2.05, 4.69) is 37.5 Å². The quantitative estimate of drug-likeness (QED) is 0.828. The summed E-state index contributed by atoms with van der Waals surface area (Å²) in [6.07, 6.45) is 0. The molecule has 0 amide bonds. The summed E-state index contributed by atoms with van der Waals surface area (Å²) in [7, 11) is 0. The molecule has 1 saturated heterocycles. The van der Waals surface area contributed by atoms with Crippen LogP contribution in [0.3, 0.4) is 0 Å². The van der Waals surface area contributed by atoms with Crippen LogP contribution in [0.4, 0.5) is 0 Å². The van der Waals surface area contributed by atoms with E-state index in [1.165, 1.54) is 10.4 Å². The van der Waals surface area contributed by atoms with Crippen LogP contribution in [-0.4, -0.2) is 32.8 Å². The van der Waals surface area contributed by atoms with Gasteiger partial charge in [-0.25, -0.2) is 0 Å². The molecule has 1 fully saturated rings. The topological polar surface area (TPSA) is 47.3 Å². The van der Waals surface area contributed by atoms with Gasteiger partial charge in [-0.2, -0.15) is 0 Å². The highest BCUT2D eigenvalue weighted by molar-refractivity contribution is 7.10. The number of thiophene rings is 1. The standard InChI is InChI=1S/C14H24N2OS/c1-11-4-5-18-12(11)13(2,3)7-16-8-14(6-15)9-17-10-14/h4-5,16H,6-10,15H2,1-3H3. The fraction of sp³-hybridized carbons (Fsp3) is 0.714. The first kappa shape index (κ1) is 14.0. The van der Waals surface area contributed by atoms with E-state index >= 15 is 0 Å². The van der Waals surface area contributed by atoms with E-state index in [1.54, 1.807) is 0 Å². The highest BCUT2D eigenvalue weighted by Crippen LogP contribution is 2.31. The van der Waals surface area contributed by atoms with Crippen molar-refractivity contribution in [2.24, 2.45) is 11.1 Å². The van der Waals surface area contributed by atoms with Crippen LogP contribution in [0, 0.1) is 12.3 Å². The lowest BCUT2D eigenvalue weighted by Crippen LogP contribution is -2.55. The summed E-state index contributed by atoms with van der Waals surface area (Å²) in [5.74, 6) is 0. The summed E-state index contributed by atoms with van der Waals surface area (Å²) in [6, 6.07) is 2.20. The molecular formula is C14H24N2OS. The Morgan fingerprint density at radius 2 is 2.22 bits per heavy atom. The molecule has 1 aliphatic heterocycles. The van der Waals surface area contributed by atoms with Gasteiger partial charge in [-0.1, -0.05) is 13.8 Å². The fourth-order valence-corrected chi connectivity index (χ4v) is 3.52. The Bertz CT molecular complexity index is 391. The largest absolute Gasteiger partial charge is 0.380 e. The van der Waals surface area contributed by atoms with Gasteiger partial charge in [0.2, 0.25) is 0 Å². The first-order valence-electron chi connectivity index (χ1n) is 6.52. The zero-order valence-electron chi connectivity index (χ0n) is 11.6. The van der Waals surface area contributed by atoms with Gasteiger partial charge in [-0.05, 0) is 23.9 Å². The number of nitrogens with two attached hydrogens (primary N) is 1. The fourth-order valence-electron chi connectivity index (χ4n) is 2.47. The molecule has 0 aliphatic carbocycles. The van der Waals surface area contributed by atoms with Crippen molar-refractivity contribution in [2.45, 2.75) is 26.2 Å². The molecule has 0 unspecified atom stereocenters. The molecule has 3 nitrogen and oxygen atoms in total. The Kier molecular flexibility index (Phi) is 4.11. The number of aryl methyl sites for hydroxylation is 1. The highest BCUT2D eigenvalue weighted by Gasteiger charge is 2.37. The average Bonchev–Trinajstić information content (AvgIpc) is 2.69. The summed E-state index contributed by atoms with van der Waals surface area (Å²) < 4.78 is 5.29. The SMILES string of the molecule is Cc1ccsc1C(C)(C)CNCC1(CN)COC1. The molecule has 18 heavy (non-hydrogen) atoms. The van der Waals surface area contributed by atoms with Gasteiger partial charge in [-0.15, -0.1) is 11.3 Å². The summed E-state index contributed by atoms with van der Waals surface area (Å²) in [5.41, 5.74) is 7.58. The normalized spacial score (nSPS) is 18.7. The van der Waals surface area contributed by atoms with Crippen LogP contribution < -0.4 is 11.1 Å². The Hall–Kier alpha value is -0.420. The number of nitrogens with one attached hydrogen (secondary N) is 1. The smallest absolute Gasteiger partial charge is 0.0569 e. The van der Waals surface area contributed by atoms with Crippen molar-refractivity contribution < 1.29 is 4.74 Å². The van der Waals surface area contributed by atoms with E-state index in [4.69, 9.17) is 10.5 Å². The van der Waals surface area contributed by atoms with Crippen molar-refractivity contribution in [3.8, 4) is 0 Å². The molecule has 0 bridgehead atoms. The van der Waals surface area contributed by atoms with Crippen molar-refractivity contribution in [1.82, 2.24) is 5.32 Å².